The summed E-state index contributed by atoms with van der Waals surface area (Å²) < 4.78 is 11.0. The first kappa shape index (κ1) is 28.9. The van der Waals surface area contributed by atoms with E-state index < -0.39 is 5.97 Å². The fraction of sp³-hybridized carbons (Fsp3) is 0.375. The van der Waals surface area contributed by atoms with Crippen LogP contribution in [0.5, 0.6) is 11.5 Å². The first-order valence-electron chi connectivity index (χ1n) is 13.4. The number of rotatable bonds is 4. The average molecular weight is 519 g/mol. The molecule has 0 saturated carbocycles. The standard InChI is InChI=1S/C18H24O5.C14H14O/c1-12-6-5-9-14(19)8-4-2-3-7-13-10-15(20)11-16(21)17(13)18(22)23-12;1-3-7-13(8-4-1)11-15-12-14-9-5-2-6-10-14/h10-12,20-21H,2-9H2,1H3;1-10H,11-12H2. The van der Waals surface area contributed by atoms with Crippen LogP contribution in [0.4, 0.5) is 0 Å². The fourth-order valence-electron chi connectivity index (χ4n) is 4.36. The van der Waals surface area contributed by atoms with Crippen molar-refractivity contribution in [2.45, 2.75) is 77.6 Å². The van der Waals surface area contributed by atoms with Gasteiger partial charge < -0.3 is 19.7 Å². The Bertz CT molecular complexity index is 1100. The maximum Gasteiger partial charge on any atom is 0.342 e. The van der Waals surface area contributed by atoms with Gasteiger partial charge in [-0.05, 0) is 61.8 Å². The summed E-state index contributed by atoms with van der Waals surface area (Å²) in [6.45, 7) is 3.14. The molecule has 0 bridgehead atoms. The first-order chi connectivity index (χ1) is 18.4. The van der Waals surface area contributed by atoms with E-state index in [1.54, 1.807) is 6.92 Å². The topological polar surface area (TPSA) is 93.1 Å². The molecule has 0 aliphatic carbocycles. The van der Waals surface area contributed by atoms with E-state index >= 15 is 0 Å². The number of hydrogen-bond donors (Lipinski definition) is 2. The summed E-state index contributed by atoms with van der Waals surface area (Å²) in [5.74, 6) is -0.637. The molecule has 0 amide bonds. The van der Waals surface area contributed by atoms with Crippen molar-refractivity contribution in [3.05, 3.63) is 95.1 Å². The molecule has 3 aromatic carbocycles. The Kier molecular flexibility index (Phi) is 11.9. The zero-order chi connectivity index (χ0) is 27.2. The second-order valence-electron chi connectivity index (χ2n) is 9.67. The number of benzene rings is 3. The molecule has 1 aliphatic rings. The first-order valence-corrected chi connectivity index (χ1v) is 13.4. The Morgan fingerprint density at radius 3 is 2.00 bits per heavy atom. The lowest BCUT2D eigenvalue weighted by atomic mass is 9.98. The van der Waals surface area contributed by atoms with Crippen LogP contribution in [-0.4, -0.2) is 28.1 Å². The number of phenolic OH excluding ortho intramolecular Hbond substituents is 2. The molecule has 2 N–H and O–H groups in total. The van der Waals surface area contributed by atoms with Gasteiger partial charge in [0.25, 0.3) is 0 Å². The van der Waals surface area contributed by atoms with E-state index in [0.717, 1.165) is 25.3 Å². The predicted molar refractivity (Wildman–Crippen MR) is 147 cm³/mol. The van der Waals surface area contributed by atoms with Crippen LogP contribution in [0.15, 0.2) is 72.8 Å². The van der Waals surface area contributed by atoms with Crippen molar-refractivity contribution in [1.29, 1.82) is 0 Å². The number of fused-ring (bicyclic) bond motifs is 1. The number of carbonyl (C=O) groups excluding carboxylic acids is 2. The number of cyclic esters (lactones) is 1. The maximum absolute atomic E-state index is 12.4. The molecule has 6 nitrogen and oxygen atoms in total. The van der Waals surface area contributed by atoms with Crippen molar-refractivity contribution in [3.8, 4) is 11.5 Å². The highest BCUT2D eigenvalue weighted by atomic mass is 16.5. The van der Waals surface area contributed by atoms with Gasteiger partial charge in [0.05, 0.1) is 19.3 Å². The third-order valence-electron chi connectivity index (χ3n) is 6.39. The van der Waals surface area contributed by atoms with E-state index in [1.165, 1.54) is 17.2 Å². The number of esters is 1. The molecule has 0 aromatic heterocycles. The van der Waals surface area contributed by atoms with Crippen molar-refractivity contribution in [2.75, 3.05) is 0 Å². The number of ketones is 1. The Morgan fingerprint density at radius 2 is 1.37 bits per heavy atom. The summed E-state index contributed by atoms with van der Waals surface area (Å²) >= 11 is 0. The van der Waals surface area contributed by atoms with E-state index in [1.807, 2.05) is 36.4 Å². The third-order valence-corrected chi connectivity index (χ3v) is 6.39. The van der Waals surface area contributed by atoms with Crippen LogP contribution in [-0.2, 0) is 33.9 Å². The number of ether oxygens (including phenoxy) is 2. The van der Waals surface area contributed by atoms with Crippen LogP contribution in [0.25, 0.3) is 0 Å². The van der Waals surface area contributed by atoms with Crippen LogP contribution in [0.2, 0.25) is 0 Å². The van der Waals surface area contributed by atoms with Crippen LogP contribution in [0.1, 0.15) is 78.9 Å². The molecule has 1 unspecified atom stereocenters. The highest BCUT2D eigenvalue weighted by Gasteiger charge is 2.21. The van der Waals surface area contributed by atoms with Gasteiger partial charge in [0, 0.05) is 18.9 Å². The minimum Gasteiger partial charge on any atom is -0.508 e. The van der Waals surface area contributed by atoms with E-state index in [4.69, 9.17) is 9.47 Å². The van der Waals surface area contributed by atoms with Crippen molar-refractivity contribution < 1.29 is 29.3 Å². The van der Waals surface area contributed by atoms with Crippen molar-refractivity contribution in [2.24, 2.45) is 0 Å². The zero-order valence-electron chi connectivity index (χ0n) is 22.1. The second kappa shape index (κ2) is 15.6. The van der Waals surface area contributed by atoms with Gasteiger partial charge in [-0.1, -0.05) is 67.1 Å². The predicted octanol–water partition coefficient (Wildman–Crippen LogP) is 6.90. The molecule has 1 aliphatic heterocycles. The quantitative estimate of drug-likeness (QED) is 0.365. The smallest absolute Gasteiger partial charge is 0.342 e. The number of carbonyl (C=O) groups is 2. The lowest BCUT2D eigenvalue weighted by Gasteiger charge is -2.17. The monoisotopic (exact) mass is 518 g/mol. The SMILES string of the molecule is CC1CCCC(=O)CCCCCc2cc(O)cc(O)c2C(=O)O1.c1ccc(COCc2ccccc2)cc1. The largest absolute Gasteiger partial charge is 0.508 e. The number of phenols is 2. The van der Waals surface area contributed by atoms with Gasteiger partial charge in [0.2, 0.25) is 0 Å². The van der Waals surface area contributed by atoms with Gasteiger partial charge in [0.1, 0.15) is 22.8 Å². The minimum atomic E-state index is -0.576. The maximum atomic E-state index is 12.4. The zero-order valence-corrected chi connectivity index (χ0v) is 22.1. The number of aromatic hydroxyl groups is 2. The lowest BCUT2D eigenvalue weighted by molar-refractivity contribution is -0.119. The molecular weight excluding hydrogens is 480 g/mol. The summed E-state index contributed by atoms with van der Waals surface area (Å²) in [5.41, 5.74) is 3.16. The third kappa shape index (κ3) is 10.0. The van der Waals surface area contributed by atoms with Gasteiger partial charge in [-0.2, -0.15) is 0 Å². The average Bonchev–Trinajstić information content (AvgIpc) is 2.89. The minimum absolute atomic E-state index is 0.0709. The molecule has 0 saturated heterocycles. The number of Topliss-reactive ketones (excluding diaryl/α,β-unsaturated/α-hetero) is 1. The van der Waals surface area contributed by atoms with Gasteiger partial charge in [-0.15, -0.1) is 0 Å². The summed E-state index contributed by atoms with van der Waals surface area (Å²) in [6.07, 6.45) is 5.14. The number of aryl methyl sites for hydroxylation is 1. The second-order valence-corrected chi connectivity index (χ2v) is 9.67. The lowest BCUT2D eigenvalue weighted by Crippen LogP contribution is -2.17. The van der Waals surface area contributed by atoms with E-state index in [-0.39, 0.29) is 28.9 Å². The summed E-state index contributed by atoms with van der Waals surface area (Å²) in [4.78, 5) is 24.1. The molecular formula is C32H38O6. The molecule has 38 heavy (non-hydrogen) atoms. The summed E-state index contributed by atoms with van der Waals surface area (Å²) in [5, 5.41) is 19.7. The molecule has 0 radical (unpaired) electrons. The molecule has 202 valence electrons. The van der Waals surface area contributed by atoms with Crippen LogP contribution in [0, 0.1) is 0 Å². The Hall–Kier alpha value is -3.64. The van der Waals surface area contributed by atoms with E-state index in [0.29, 0.717) is 50.9 Å². The molecule has 3 aromatic rings. The molecule has 1 atom stereocenters. The van der Waals surface area contributed by atoms with Crippen LogP contribution in [0.3, 0.4) is 0 Å². The summed E-state index contributed by atoms with van der Waals surface area (Å²) in [6, 6.07) is 23.1. The van der Waals surface area contributed by atoms with Crippen molar-refractivity contribution in [3.63, 3.8) is 0 Å². The molecule has 1 heterocycles. The van der Waals surface area contributed by atoms with Gasteiger partial charge in [0.15, 0.2) is 0 Å². The van der Waals surface area contributed by atoms with Crippen LogP contribution >= 0.6 is 0 Å². The van der Waals surface area contributed by atoms with Crippen LogP contribution < -0.4 is 0 Å². The highest BCUT2D eigenvalue weighted by Crippen LogP contribution is 2.30. The Balaban J connectivity index is 0.000000230. The molecule has 0 spiro atoms. The van der Waals surface area contributed by atoms with E-state index in [9.17, 15) is 19.8 Å². The molecule has 0 fully saturated rings. The Labute approximate surface area is 225 Å². The molecule has 4 rings (SSSR count). The summed E-state index contributed by atoms with van der Waals surface area (Å²) in [7, 11) is 0. The van der Waals surface area contributed by atoms with Gasteiger partial charge in [-0.3, -0.25) is 4.79 Å². The number of hydrogen-bond acceptors (Lipinski definition) is 6. The van der Waals surface area contributed by atoms with Gasteiger partial charge >= 0.3 is 5.97 Å². The highest BCUT2D eigenvalue weighted by molar-refractivity contribution is 5.94. The molecule has 6 heteroatoms. The normalized spacial score (nSPS) is 16.8. The van der Waals surface area contributed by atoms with E-state index in [2.05, 4.69) is 24.3 Å². The van der Waals surface area contributed by atoms with Gasteiger partial charge in [-0.25, -0.2) is 4.79 Å². The fourth-order valence-corrected chi connectivity index (χ4v) is 4.36. The Morgan fingerprint density at radius 1 is 0.789 bits per heavy atom. The van der Waals surface area contributed by atoms with Crippen molar-refractivity contribution >= 4 is 11.8 Å². The van der Waals surface area contributed by atoms with Crippen molar-refractivity contribution in [1.82, 2.24) is 0 Å².